The summed E-state index contributed by atoms with van der Waals surface area (Å²) in [5, 5.41) is 0. The third-order valence-electron chi connectivity index (χ3n) is 2.01. The van der Waals surface area contributed by atoms with Crippen LogP contribution in [0.3, 0.4) is 0 Å². The van der Waals surface area contributed by atoms with Crippen LogP contribution < -0.4 is 11.5 Å². The Bertz CT molecular complexity index is 109. The number of nitrogens with two attached hydrogens (primary N) is 2. The van der Waals surface area contributed by atoms with Gasteiger partial charge in [-0.2, -0.15) is 0 Å². The predicted octanol–water partition coefficient (Wildman–Crippen LogP) is 1.06. The van der Waals surface area contributed by atoms with Crippen molar-refractivity contribution in [2.24, 2.45) is 11.5 Å². The van der Waals surface area contributed by atoms with Gasteiger partial charge in [-0.3, -0.25) is 0 Å². The number of hydrogen-bond donors (Lipinski definition) is 2. The lowest BCUT2D eigenvalue weighted by Gasteiger charge is -2.21. The van der Waals surface area contributed by atoms with Crippen LogP contribution >= 0.6 is 0 Å². The van der Waals surface area contributed by atoms with Crippen LogP contribution in [0, 0.1) is 0 Å². The first kappa shape index (κ1) is 16.5. The van der Waals surface area contributed by atoms with E-state index in [1.54, 1.807) is 14.2 Å². The van der Waals surface area contributed by atoms with Crippen molar-refractivity contribution in [2.75, 3.05) is 27.3 Å². The normalized spacial score (nSPS) is 10.7. The molecule has 0 heterocycles. The second-order valence-corrected chi connectivity index (χ2v) is 6.81. The molecule has 14 heavy (non-hydrogen) atoms. The first-order chi connectivity index (χ1) is 6.60. The van der Waals surface area contributed by atoms with Gasteiger partial charge in [0, 0.05) is 27.3 Å². The molecule has 0 unspecified atom stereocenters. The average Bonchev–Trinajstić information content (AvgIpc) is 2.26. The van der Waals surface area contributed by atoms with E-state index in [1.165, 1.54) is 12.8 Å². The fourth-order valence-electron chi connectivity index (χ4n) is 0.785. The lowest BCUT2D eigenvalue weighted by Crippen LogP contribution is -2.35. The smallest absolute Gasteiger partial charge is 0.334 e. The van der Waals surface area contributed by atoms with Crippen LogP contribution in [-0.4, -0.2) is 35.9 Å². The van der Waals surface area contributed by atoms with Gasteiger partial charge in [-0.15, -0.1) is 0 Å². The highest BCUT2D eigenvalue weighted by Crippen LogP contribution is 2.14. The Morgan fingerprint density at radius 1 is 1.07 bits per heavy atom. The predicted molar refractivity (Wildman–Crippen MR) is 63.5 cm³/mol. The first-order valence-corrected chi connectivity index (χ1v) is 7.63. The van der Waals surface area contributed by atoms with Crippen LogP contribution in [-0.2, 0) is 8.85 Å². The highest BCUT2D eigenvalue weighted by atomic mass is 28.4. The lowest BCUT2D eigenvalue weighted by atomic mass is 10.4. The number of hydrogen-bond acceptors (Lipinski definition) is 4. The topological polar surface area (TPSA) is 70.5 Å². The van der Waals surface area contributed by atoms with Crippen LogP contribution in [0.5, 0.6) is 0 Å². The SMILES string of the molecule is CCCC[Si](C)(OC)OC.NCCN. The molecule has 0 aromatic rings. The van der Waals surface area contributed by atoms with E-state index in [0.717, 1.165) is 6.04 Å². The van der Waals surface area contributed by atoms with Crippen molar-refractivity contribution in [1.82, 2.24) is 0 Å². The molecule has 0 amide bonds. The van der Waals surface area contributed by atoms with Gasteiger partial charge >= 0.3 is 8.56 Å². The van der Waals surface area contributed by atoms with E-state index in [2.05, 4.69) is 13.5 Å². The van der Waals surface area contributed by atoms with Crippen molar-refractivity contribution in [3.8, 4) is 0 Å². The van der Waals surface area contributed by atoms with Crippen molar-refractivity contribution >= 4 is 8.56 Å². The molecule has 0 spiro atoms. The monoisotopic (exact) mass is 222 g/mol. The maximum atomic E-state index is 5.31. The molecule has 0 fully saturated rings. The molecule has 5 heteroatoms. The molecule has 88 valence electrons. The molecule has 0 saturated heterocycles. The molecule has 0 bridgehead atoms. The molecule has 4 nitrogen and oxygen atoms in total. The molecule has 0 aliphatic carbocycles. The Labute approximate surface area is 89.2 Å². The molecular formula is C9H26N2O2Si. The Morgan fingerprint density at radius 2 is 1.50 bits per heavy atom. The Hall–Kier alpha value is 0.0569. The van der Waals surface area contributed by atoms with Crippen LogP contribution in [0.4, 0.5) is 0 Å². The second kappa shape index (κ2) is 11.1. The zero-order valence-electron chi connectivity index (χ0n) is 10.0. The molecule has 0 aromatic heterocycles. The van der Waals surface area contributed by atoms with Crippen LogP contribution in [0.25, 0.3) is 0 Å². The van der Waals surface area contributed by atoms with Crippen molar-refractivity contribution in [3.63, 3.8) is 0 Å². The van der Waals surface area contributed by atoms with Crippen molar-refractivity contribution in [1.29, 1.82) is 0 Å². The Balaban J connectivity index is 0. The molecule has 4 N–H and O–H groups in total. The molecule has 0 radical (unpaired) electrons. The average molecular weight is 222 g/mol. The van der Waals surface area contributed by atoms with E-state index >= 15 is 0 Å². The highest BCUT2D eigenvalue weighted by Gasteiger charge is 2.27. The summed E-state index contributed by atoms with van der Waals surface area (Å²) in [6, 6.07) is 1.11. The maximum Gasteiger partial charge on any atom is 0.334 e. The number of unbranched alkanes of at least 4 members (excludes halogenated alkanes) is 1. The zero-order valence-corrected chi connectivity index (χ0v) is 11.0. The van der Waals surface area contributed by atoms with Crippen LogP contribution in [0.15, 0.2) is 0 Å². The van der Waals surface area contributed by atoms with Gasteiger partial charge in [0.2, 0.25) is 0 Å². The van der Waals surface area contributed by atoms with E-state index < -0.39 is 8.56 Å². The van der Waals surface area contributed by atoms with Gasteiger partial charge in [0.1, 0.15) is 0 Å². The summed E-state index contributed by atoms with van der Waals surface area (Å²) >= 11 is 0. The fraction of sp³-hybridized carbons (Fsp3) is 1.00. The second-order valence-electron chi connectivity index (χ2n) is 3.22. The molecule has 0 rings (SSSR count). The van der Waals surface area contributed by atoms with Gasteiger partial charge in [0.15, 0.2) is 0 Å². The Kier molecular flexibility index (Phi) is 13.1. The summed E-state index contributed by atoms with van der Waals surface area (Å²) < 4.78 is 10.6. The molecular weight excluding hydrogens is 196 g/mol. The summed E-state index contributed by atoms with van der Waals surface area (Å²) in [5.41, 5.74) is 9.81. The quantitative estimate of drug-likeness (QED) is 0.659. The van der Waals surface area contributed by atoms with Crippen LogP contribution in [0.2, 0.25) is 12.6 Å². The van der Waals surface area contributed by atoms with Crippen molar-refractivity contribution in [3.05, 3.63) is 0 Å². The van der Waals surface area contributed by atoms with E-state index in [4.69, 9.17) is 20.3 Å². The van der Waals surface area contributed by atoms with Gasteiger partial charge in [0.05, 0.1) is 0 Å². The van der Waals surface area contributed by atoms with Gasteiger partial charge in [0.25, 0.3) is 0 Å². The highest BCUT2D eigenvalue weighted by molar-refractivity contribution is 6.65. The molecule has 0 aromatic carbocycles. The minimum atomic E-state index is -1.72. The largest absolute Gasteiger partial charge is 0.398 e. The summed E-state index contributed by atoms with van der Waals surface area (Å²) in [5.74, 6) is 0. The zero-order chi connectivity index (χ0) is 11.4. The Morgan fingerprint density at radius 3 is 1.71 bits per heavy atom. The minimum Gasteiger partial charge on any atom is -0.398 e. The van der Waals surface area contributed by atoms with Gasteiger partial charge < -0.3 is 20.3 Å². The summed E-state index contributed by atoms with van der Waals surface area (Å²) in [6.07, 6.45) is 2.43. The summed E-state index contributed by atoms with van der Waals surface area (Å²) in [7, 11) is 1.76. The standard InChI is InChI=1S/C7H18O2Si.C2H8N2/c1-5-6-7-10(4,8-2)9-3;3-1-2-4/h5-7H2,1-4H3;1-4H2. The van der Waals surface area contributed by atoms with Crippen molar-refractivity contribution in [2.45, 2.75) is 32.4 Å². The molecule has 0 atom stereocenters. The molecule has 0 aliphatic rings. The molecule has 0 saturated carbocycles. The van der Waals surface area contributed by atoms with Crippen LogP contribution in [0.1, 0.15) is 19.8 Å². The first-order valence-electron chi connectivity index (χ1n) is 5.10. The maximum absolute atomic E-state index is 5.31. The molecule has 0 aliphatic heterocycles. The van der Waals surface area contributed by atoms with Crippen molar-refractivity contribution < 1.29 is 8.85 Å². The third kappa shape index (κ3) is 10.1. The van der Waals surface area contributed by atoms with E-state index in [0.29, 0.717) is 13.1 Å². The van der Waals surface area contributed by atoms with Gasteiger partial charge in [-0.25, -0.2) is 0 Å². The minimum absolute atomic E-state index is 0.597. The fourth-order valence-corrected chi connectivity index (χ4v) is 2.36. The van der Waals surface area contributed by atoms with E-state index in [9.17, 15) is 0 Å². The summed E-state index contributed by atoms with van der Waals surface area (Å²) in [6.45, 7) is 5.48. The van der Waals surface area contributed by atoms with Gasteiger partial charge in [-0.1, -0.05) is 19.8 Å². The number of rotatable bonds is 6. The summed E-state index contributed by atoms with van der Waals surface area (Å²) in [4.78, 5) is 0. The third-order valence-corrected chi connectivity index (χ3v) is 5.00. The van der Waals surface area contributed by atoms with E-state index in [-0.39, 0.29) is 0 Å². The van der Waals surface area contributed by atoms with Gasteiger partial charge in [-0.05, 0) is 12.6 Å². The lowest BCUT2D eigenvalue weighted by molar-refractivity contribution is 0.248. The van der Waals surface area contributed by atoms with E-state index in [1.807, 2.05) is 0 Å².